The van der Waals surface area contributed by atoms with Crippen molar-refractivity contribution in [3.8, 4) is 11.3 Å². The van der Waals surface area contributed by atoms with E-state index in [9.17, 15) is 4.79 Å². The maximum absolute atomic E-state index is 11.8. The molecule has 0 atom stereocenters. The van der Waals surface area contributed by atoms with Crippen LogP contribution in [0.3, 0.4) is 0 Å². The van der Waals surface area contributed by atoms with Gasteiger partial charge in [-0.05, 0) is 12.0 Å². The average Bonchev–Trinajstić information content (AvgIpc) is 2.43. The number of aromatic nitrogens is 1. The number of rotatable bonds is 5. The highest BCUT2D eigenvalue weighted by Crippen LogP contribution is 2.19. The van der Waals surface area contributed by atoms with Crippen molar-refractivity contribution < 1.29 is 0 Å². The number of anilines is 1. The molecule has 100 valence electrons. The quantitative estimate of drug-likeness (QED) is 0.834. The Morgan fingerprint density at radius 2 is 1.89 bits per heavy atom. The van der Waals surface area contributed by atoms with Gasteiger partial charge in [0.15, 0.2) is 0 Å². The fourth-order valence-corrected chi connectivity index (χ4v) is 2.17. The minimum absolute atomic E-state index is 0.106. The van der Waals surface area contributed by atoms with Crippen LogP contribution in [0.25, 0.3) is 11.3 Å². The second-order valence-electron chi connectivity index (χ2n) is 4.74. The van der Waals surface area contributed by atoms with Crippen molar-refractivity contribution in [2.45, 2.75) is 32.7 Å². The number of nitrogen functional groups attached to an aromatic ring is 1. The van der Waals surface area contributed by atoms with Gasteiger partial charge in [0.2, 0.25) is 5.43 Å². The second-order valence-corrected chi connectivity index (χ2v) is 4.74. The SMILES string of the molecule is CCCCCn1cc(N)c(=O)cc1-c1ccccc1. The van der Waals surface area contributed by atoms with Crippen molar-refractivity contribution in [2.75, 3.05) is 5.73 Å². The summed E-state index contributed by atoms with van der Waals surface area (Å²) < 4.78 is 2.09. The molecule has 2 N–H and O–H groups in total. The molecule has 0 aliphatic heterocycles. The Hall–Kier alpha value is -2.03. The van der Waals surface area contributed by atoms with E-state index in [1.165, 1.54) is 12.8 Å². The van der Waals surface area contributed by atoms with Crippen LogP contribution in [0.4, 0.5) is 5.69 Å². The van der Waals surface area contributed by atoms with Gasteiger partial charge in [-0.1, -0.05) is 50.1 Å². The summed E-state index contributed by atoms with van der Waals surface area (Å²) in [5, 5.41) is 0. The molecule has 0 radical (unpaired) electrons. The standard InChI is InChI=1S/C16H20N2O/c1-2-3-7-10-18-12-14(17)16(19)11-15(18)13-8-5-4-6-9-13/h4-6,8-9,11-12H,2-3,7,10,17H2,1H3. The van der Waals surface area contributed by atoms with Crippen molar-refractivity contribution >= 4 is 5.69 Å². The van der Waals surface area contributed by atoms with E-state index in [-0.39, 0.29) is 5.43 Å². The zero-order valence-corrected chi connectivity index (χ0v) is 11.3. The molecule has 19 heavy (non-hydrogen) atoms. The molecule has 1 aromatic carbocycles. The lowest BCUT2D eigenvalue weighted by Crippen LogP contribution is -2.14. The Morgan fingerprint density at radius 1 is 1.16 bits per heavy atom. The lowest BCUT2D eigenvalue weighted by atomic mass is 10.1. The molecule has 0 saturated carbocycles. The summed E-state index contributed by atoms with van der Waals surface area (Å²) in [4.78, 5) is 11.8. The molecular weight excluding hydrogens is 236 g/mol. The van der Waals surface area contributed by atoms with E-state index in [0.29, 0.717) is 5.69 Å². The Labute approximate surface area is 113 Å². The van der Waals surface area contributed by atoms with Crippen LogP contribution in [0, 0.1) is 0 Å². The van der Waals surface area contributed by atoms with E-state index < -0.39 is 0 Å². The van der Waals surface area contributed by atoms with E-state index in [4.69, 9.17) is 5.73 Å². The predicted molar refractivity (Wildman–Crippen MR) is 80.1 cm³/mol. The molecule has 1 heterocycles. The predicted octanol–water partition coefficient (Wildman–Crippen LogP) is 3.29. The zero-order valence-electron chi connectivity index (χ0n) is 11.3. The van der Waals surface area contributed by atoms with Gasteiger partial charge in [-0.25, -0.2) is 0 Å². The summed E-state index contributed by atoms with van der Waals surface area (Å²) in [5.41, 5.74) is 7.94. The second kappa shape index (κ2) is 6.23. The van der Waals surface area contributed by atoms with Crippen LogP contribution in [0.15, 0.2) is 47.4 Å². The van der Waals surface area contributed by atoms with Gasteiger partial charge >= 0.3 is 0 Å². The van der Waals surface area contributed by atoms with E-state index in [0.717, 1.165) is 24.2 Å². The van der Waals surface area contributed by atoms with Crippen molar-refractivity contribution in [1.29, 1.82) is 0 Å². The van der Waals surface area contributed by atoms with Crippen LogP contribution < -0.4 is 11.2 Å². The topological polar surface area (TPSA) is 48.0 Å². The molecule has 3 heteroatoms. The molecule has 3 nitrogen and oxygen atoms in total. The molecule has 2 aromatic rings. The first-order valence-electron chi connectivity index (χ1n) is 6.77. The summed E-state index contributed by atoms with van der Waals surface area (Å²) in [6.07, 6.45) is 5.22. The molecule has 0 bridgehead atoms. The van der Waals surface area contributed by atoms with Gasteiger partial charge in [0.25, 0.3) is 0 Å². The highest BCUT2D eigenvalue weighted by Gasteiger charge is 2.06. The molecule has 0 amide bonds. The van der Waals surface area contributed by atoms with Crippen LogP contribution in [0.5, 0.6) is 0 Å². The minimum Gasteiger partial charge on any atom is -0.394 e. The van der Waals surface area contributed by atoms with Crippen LogP contribution in [0.2, 0.25) is 0 Å². The third kappa shape index (κ3) is 3.25. The Bertz CT molecular complexity index is 587. The normalized spacial score (nSPS) is 10.6. The lowest BCUT2D eigenvalue weighted by Gasteiger charge is -2.14. The van der Waals surface area contributed by atoms with Gasteiger partial charge in [0, 0.05) is 18.8 Å². The van der Waals surface area contributed by atoms with Crippen LogP contribution >= 0.6 is 0 Å². The summed E-state index contributed by atoms with van der Waals surface area (Å²) in [5.74, 6) is 0. The number of pyridine rings is 1. The third-order valence-corrected chi connectivity index (χ3v) is 3.23. The first-order valence-corrected chi connectivity index (χ1v) is 6.77. The molecule has 0 unspecified atom stereocenters. The van der Waals surface area contributed by atoms with Gasteiger partial charge in [-0.3, -0.25) is 4.79 Å². The van der Waals surface area contributed by atoms with Crippen LogP contribution in [-0.2, 0) is 6.54 Å². The Kier molecular flexibility index (Phi) is 4.39. The summed E-state index contributed by atoms with van der Waals surface area (Å²) >= 11 is 0. The minimum atomic E-state index is -0.106. The van der Waals surface area contributed by atoms with Crippen molar-refractivity contribution in [3.63, 3.8) is 0 Å². The number of hydrogen-bond donors (Lipinski definition) is 1. The number of unbranched alkanes of at least 4 members (excludes halogenated alkanes) is 2. The van der Waals surface area contributed by atoms with Gasteiger partial charge < -0.3 is 10.3 Å². The third-order valence-electron chi connectivity index (χ3n) is 3.23. The fourth-order valence-electron chi connectivity index (χ4n) is 2.17. The summed E-state index contributed by atoms with van der Waals surface area (Å²) in [7, 11) is 0. The van der Waals surface area contributed by atoms with Crippen LogP contribution in [-0.4, -0.2) is 4.57 Å². The number of nitrogens with two attached hydrogens (primary N) is 1. The molecule has 2 rings (SSSR count). The molecule has 0 fully saturated rings. The van der Waals surface area contributed by atoms with Crippen molar-refractivity contribution in [1.82, 2.24) is 4.57 Å². The van der Waals surface area contributed by atoms with Gasteiger partial charge in [-0.2, -0.15) is 0 Å². The molecule has 0 aliphatic rings. The van der Waals surface area contributed by atoms with E-state index in [1.54, 1.807) is 12.3 Å². The molecule has 1 aromatic heterocycles. The lowest BCUT2D eigenvalue weighted by molar-refractivity contribution is 0.604. The van der Waals surface area contributed by atoms with Gasteiger partial charge in [0.05, 0.1) is 11.4 Å². The van der Waals surface area contributed by atoms with Crippen LogP contribution in [0.1, 0.15) is 26.2 Å². The largest absolute Gasteiger partial charge is 0.394 e. The number of nitrogens with zero attached hydrogens (tertiary/aromatic N) is 1. The highest BCUT2D eigenvalue weighted by atomic mass is 16.1. The number of hydrogen-bond acceptors (Lipinski definition) is 2. The maximum Gasteiger partial charge on any atom is 0.205 e. The highest BCUT2D eigenvalue weighted by molar-refractivity contribution is 5.61. The maximum atomic E-state index is 11.8. The van der Waals surface area contributed by atoms with Gasteiger partial charge in [-0.15, -0.1) is 0 Å². The molecule has 0 saturated heterocycles. The monoisotopic (exact) mass is 256 g/mol. The zero-order chi connectivity index (χ0) is 13.7. The van der Waals surface area contributed by atoms with Crippen molar-refractivity contribution in [3.05, 3.63) is 52.8 Å². The summed E-state index contributed by atoms with van der Waals surface area (Å²) in [6, 6.07) is 11.6. The van der Waals surface area contributed by atoms with Crippen molar-refractivity contribution in [2.24, 2.45) is 0 Å². The Morgan fingerprint density at radius 3 is 2.58 bits per heavy atom. The summed E-state index contributed by atoms with van der Waals surface area (Å²) in [6.45, 7) is 3.07. The molecular formula is C16H20N2O. The van der Waals surface area contributed by atoms with E-state index >= 15 is 0 Å². The average molecular weight is 256 g/mol. The van der Waals surface area contributed by atoms with Gasteiger partial charge in [0.1, 0.15) is 0 Å². The first-order chi connectivity index (χ1) is 9.22. The molecule has 0 spiro atoms. The number of aryl methyl sites for hydroxylation is 1. The van der Waals surface area contributed by atoms with E-state index in [2.05, 4.69) is 11.5 Å². The fraction of sp³-hybridized carbons (Fsp3) is 0.312. The first kappa shape index (κ1) is 13.4. The smallest absolute Gasteiger partial charge is 0.205 e. The Balaban J connectivity index is 2.40. The number of benzene rings is 1. The molecule has 0 aliphatic carbocycles. The van der Waals surface area contributed by atoms with E-state index in [1.807, 2.05) is 30.3 Å².